The summed E-state index contributed by atoms with van der Waals surface area (Å²) in [4.78, 5) is 4.52. The minimum absolute atomic E-state index is 0.305. The quantitative estimate of drug-likeness (QED) is 0.881. The van der Waals surface area contributed by atoms with Gasteiger partial charge in [0.2, 0.25) is 0 Å². The van der Waals surface area contributed by atoms with E-state index in [1.54, 1.807) is 6.20 Å². The second-order valence-electron chi connectivity index (χ2n) is 5.30. The molecule has 0 saturated heterocycles. The number of hydrogen-bond acceptors (Lipinski definition) is 3. The lowest BCUT2D eigenvalue weighted by Gasteiger charge is -2.17. The van der Waals surface area contributed by atoms with Crippen LogP contribution in [0.1, 0.15) is 35.2 Å². The van der Waals surface area contributed by atoms with Gasteiger partial charge in [0.1, 0.15) is 23.0 Å². The molecule has 108 valence electrons. The van der Waals surface area contributed by atoms with E-state index < -0.39 is 0 Å². The Bertz CT molecular complexity index is 670. The van der Waals surface area contributed by atoms with Crippen molar-refractivity contribution in [2.45, 2.75) is 32.3 Å². The molecule has 2 N–H and O–H groups in total. The molecular weight excluding hydrogens is 280 g/mol. The number of hydrogen-bond donors (Lipinski definition) is 1. The summed E-state index contributed by atoms with van der Waals surface area (Å²) >= 11 is 5.02. The lowest BCUT2D eigenvalue weighted by molar-refractivity contribution is 0.305. The number of nitrogens with two attached hydrogens (primary N) is 1. The van der Waals surface area contributed by atoms with Crippen LogP contribution < -0.4 is 10.5 Å². The van der Waals surface area contributed by atoms with Crippen molar-refractivity contribution in [3.8, 4) is 5.75 Å². The Morgan fingerprint density at radius 3 is 2.81 bits per heavy atom. The van der Waals surface area contributed by atoms with E-state index in [1.165, 1.54) is 30.4 Å². The van der Waals surface area contributed by atoms with E-state index in [0.29, 0.717) is 17.3 Å². The van der Waals surface area contributed by atoms with Crippen molar-refractivity contribution >= 4 is 17.2 Å². The standard InChI is InChI=1S/C17H18N2OS/c18-17(21)16-14(6-3-9-19-16)11-20-15-8-7-12-4-1-2-5-13(12)10-15/h3,6-10H,1-2,4-5,11H2,(H2,18,21). The SMILES string of the molecule is NC(=S)c1ncccc1COc1ccc2c(c1)CCCC2. The predicted octanol–water partition coefficient (Wildman–Crippen LogP) is 3.17. The van der Waals surface area contributed by atoms with Crippen molar-refractivity contribution in [2.24, 2.45) is 5.73 Å². The van der Waals surface area contributed by atoms with Crippen molar-refractivity contribution in [1.29, 1.82) is 0 Å². The molecule has 1 aromatic carbocycles. The first-order valence-electron chi connectivity index (χ1n) is 7.22. The highest BCUT2D eigenvalue weighted by Gasteiger charge is 2.11. The van der Waals surface area contributed by atoms with E-state index in [4.69, 9.17) is 22.7 Å². The molecule has 0 spiro atoms. The summed E-state index contributed by atoms with van der Waals surface area (Å²) in [7, 11) is 0. The van der Waals surface area contributed by atoms with Gasteiger partial charge in [0.15, 0.2) is 0 Å². The maximum atomic E-state index is 5.89. The summed E-state index contributed by atoms with van der Waals surface area (Å²) in [5, 5.41) is 0. The number of fused-ring (bicyclic) bond motifs is 1. The fourth-order valence-electron chi connectivity index (χ4n) is 2.74. The lowest BCUT2D eigenvalue weighted by Crippen LogP contribution is -2.15. The van der Waals surface area contributed by atoms with Crippen LogP contribution in [-0.2, 0) is 19.4 Å². The fraction of sp³-hybridized carbons (Fsp3) is 0.294. The third-order valence-electron chi connectivity index (χ3n) is 3.84. The molecule has 1 aliphatic carbocycles. The third-order valence-corrected chi connectivity index (χ3v) is 4.03. The summed E-state index contributed by atoms with van der Waals surface area (Å²) in [6, 6.07) is 10.2. The predicted molar refractivity (Wildman–Crippen MR) is 87.5 cm³/mol. The molecule has 1 heterocycles. The molecule has 0 bridgehead atoms. The zero-order chi connectivity index (χ0) is 14.7. The first-order valence-corrected chi connectivity index (χ1v) is 7.63. The zero-order valence-corrected chi connectivity index (χ0v) is 12.7. The number of aromatic nitrogens is 1. The van der Waals surface area contributed by atoms with Gasteiger partial charge in [-0.2, -0.15) is 0 Å². The van der Waals surface area contributed by atoms with Crippen molar-refractivity contribution in [1.82, 2.24) is 4.98 Å². The summed E-state index contributed by atoms with van der Waals surface area (Å²) in [5.41, 5.74) is 10.1. The highest BCUT2D eigenvalue weighted by molar-refractivity contribution is 7.80. The van der Waals surface area contributed by atoms with Crippen LogP contribution in [0.3, 0.4) is 0 Å². The van der Waals surface area contributed by atoms with Gasteiger partial charge >= 0.3 is 0 Å². The van der Waals surface area contributed by atoms with E-state index in [9.17, 15) is 0 Å². The van der Waals surface area contributed by atoms with Crippen molar-refractivity contribution in [3.05, 3.63) is 58.9 Å². The Hall–Kier alpha value is -1.94. The van der Waals surface area contributed by atoms with Gasteiger partial charge in [-0.3, -0.25) is 4.98 Å². The first-order chi connectivity index (χ1) is 10.2. The van der Waals surface area contributed by atoms with Gasteiger partial charge in [-0.15, -0.1) is 0 Å². The molecule has 1 aromatic heterocycles. The molecule has 0 atom stereocenters. The molecule has 0 aliphatic heterocycles. The average molecular weight is 298 g/mol. The molecule has 0 radical (unpaired) electrons. The van der Waals surface area contributed by atoms with Gasteiger partial charge in [0, 0.05) is 11.8 Å². The van der Waals surface area contributed by atoms with E-state index in [1.807, 2.05) is 18.2 Å². The van der Waals surface area contributed by atoms with Crippen LogP contribution in [0.4, 0.5) is 0 Å². The van der Waals surface area contributed by atoms with Crippen LogP contribution in [0, 0.1) is 0 Å². The highest BCUT2D eigenvalue weighted by Crippen LogP contribution is 2.25. The summed E-state index contributed by atoms with van der Waals surface area (Å²) in [6.45, 7) is 0.430. The molecule has 0 unspecified atom stereocenters. The zero-order valence-electron chi connectivity index (χ0n) is 11.8. The molecule has 21 heavy (non-hydrogen) atoms. The van der Waals surface area contributed by atoms with Gasteiger partial charge in [-0.25, -0.2) is 0 Å². The molecule has 0 amide bonds. The fourth-order valence-corrected chi connectivity index (χ4v) is 2.92. The van der Waals surface area contributed by atoms with Crippen LogP contribution in [-0.4, -0.2) is 9.97 Å². The van der Waals surface area contributed by atoms with E-state index >= 15 is 0 Å². The van der Waals surface area contributed by atoms with Gasteiger partial charge in [0.25, 0.3) is 0 Å². The van der Waals surface area contributed by atoms with Crippen LogP contribution >= 0.6 is 12.2 Å². The second kappa shape index (κ2) is 6.22. The number of nitrogens with zero attached hydrogens (tertiary/aromatic N) is 1. The Morgan fingerprint density at radius 2 is 2.00 bits per heavy atom. The van der Waals surface area contributed by atoms with E-state index in [2.05, 4.69) is 17.1 Å². The van der Waals surface area contributed by atoms with Crippen LogP contribution in [0.5, 0.6) is 5.75 Å². The molecule has 3 rings (SSSR count). The van der Waals surface area contributed by atoms with Crippen molar-refractivity contribution in [3.63, 3.8) is 0 Å². The number of benzene rings is 1. The number of aryl methyl sites for hydroxylation is 2. The van der Waals surface area contributed by atoms with Crippen LogP contribution in [0.25, 0.3) is 0 Å². The third kappa shape index (κ3) is 3.22. The molecule has 1 aliphatic rings. The molecule has 0 fully saturated rings. The Kier molecular flexibility index (Phi) is 4.15. The molecule has 2 aromatic rings. The van der Waals surface area contributed by atoms with Gasteiger partial charge in [-0.1, -0.05) is 24.4 Å². The van der Waals surface area contributed by atoms with Crippen molar-refractivity contribution in [2.75, 3.05) is 0 Å². The molecule has 3 nitrogen and oxygen atoms in total. The van der Waals surface area contributed by atoms with E-state index in [0.717, 1.165) is 17.7 Å². The Balaban J connectivity index is 1.75. The van der Waals surface area contributed by atoms with Gasteiger partial charge in [0.05, 0.1) is 0 Å². The van der Waals surface area contributed by atoms with Gasteiger partial charge in [-0.05, 0) is 55.0 Å². The van der Waals surface area contributed by atoms with Crippen molar-refractivity contribution < 1.29 is 4.74 Å². The summed E-state index contributed by atoms with van der Waals surface area (Å²) < 4.78 is 5.89. The number of pyridine rings is 1. The largest absolute Gasteiger partial charge is 0.489 e. The number of ether oxygens (including phenoxy) is 1. The monoisotopic (exact) mass is 298 g/mol. The maximum absolute atomic E-state index is 5.89. The highest BCUT2D eigenvalue weighted by atomic mass is 32.1. The molecule has 0 saturated carbocycles. The van der Waals surface area contributed by atoms with Gasteiger partial charge < -0.3 is 10.5 Å². The summed E-state index contributed by atoms with van der Waals surface area (Å²) in [5.74, 6) is 0.897. The van der Waals surface area contributed by atoms with E-state index in [-0.39, 0.29) is 0 Å². The minimum atomic E-state index is 0.305. The Labute approximate surface area is 130 Å². The van der Waals surface area contributed by atoms with Crippen LogP contribution in [0.2, 0.25) is 0 Å². The minimum Gasteiger partial charge on any atom is -0.489 e. The smallest absolute Gasteiger partial charge is 0.123 e. The normalized spacial score (nSPS) is 13.5. The topological polar surface area (TPSA) is 48.1 Å². The Morgan fingerprint density at radius 1 is 1.19 bits per heavy atom. The molecule has 4 heteroatoms. The number of thiocarbonyl (C=S) groups is 1. The lowest BCUT2D eigenvalue weighted by atomic mass is 9.92. The first kappa shape index (κ1) is 14.0. The number of rotatable bonds is 4. The summed E-state index contributed by atoms with van der Waals surface area (Å²) in [6.07, 6.45) is 6.59. The van der Waals surface area contributed by atoms with Crippen LogP contribution in [0.15, 0.2) is 36.5 Å². The average Bonchev–Trinajstić information content (AvgIpc) is 2.53. The maximum Gasteiger partial charge on any atom is 0.123 e. The molecular formula is C17H18N2OS. The second-order valence-corrected chi connectivity index (χ2v) is 5.74.